The highest BCUT2D eigenvalue weighted by atomic mass is 31.2. The highest BCUT2D eigenvalue weighted by Crippen LogP contribution is 2.73. The molecule has 0 bridgehead atoms. The van der Waals surface area contributed by atoms with Gasteiger partial charge in [-0.15, -0.1) is 0 Å². The summed E-state index contributed by atoms with van der Waals surface area (Å²) in [7, 11) is -2.72. The number of hydrogen-bond acceptors (Lipinski definition) is 0. The number of halogens is 6. The molecular weight excluding hydrogens is 553 g/mol. The first-order valence-corrected chi connectivity index (χ1v) is 14.6. The van der Waals surface area contributed by atoms with Crippen molar-refractivity contribution in [2.75, 3.05) is 0 Å². The van der Waals surface area contributed by atoms with Gasteiger partial charge < -0.3 is 0 Å². The summed E-state index contributed by atoms with van der Waals surface area (Å²) in [5.74, 6) is 0. The van der Waals surface area contributed by atoms with E-state index in [-0.39, 0.29) is 0 Å². The molecule has 6 rings (SSSR count). The van der Waals surface area contributed by atoms with Crippen LogP contribution >= 0.6 is 7.26 Å². The fourth-order valence-corrected chi connectivity index (χ4v) is 10.5. The minimum Gasteiger partial charge on any atom is -0.166 e. The summed E-state index contributed by atoms with van der Waals surface area (Å²) >= 11 is 0. The lowest BCUT2D eigenvalue weighted by Crippen LogP contribution is -2.30. The zero-order valence-electron chi connectivity index (χ0n) is 21.4. The fourth-order valence-electron chi connectivity index (χ4n) is 5.66. The van der Waals surface area contributed by atoms with Crippen LogP contribution in [-0.4, -0.2) is 0 Å². The Balaban J connectivity index is 1.75. The van der Waals surface area contributed by atoms with Gasteiger partial charge in [0.2, 0.25) is 0 Å². The van der Waals surface area contributed by atoms with Crippen LogP contribution < -0.4 is 15.9 Å². The van der Waals surface area contributed by atoms with Crippen LogP contribution in [-0.2, 0) is 12.4 Å². The summed E-state index contributed by atoms with van der Waals surface area (Å²) in [6.07, 6.45) is -9.01. The van der Waals surface area contributed by atoms with Gasteiger partial charge in [-0.1, -0.05) is 78.9 Å². The monoisotopic (exact) mass is 575 g/mol. The molecule has 1 aliphatic heterocycles. The van der Waals surface area contributed by atoms with Gasteiger partial charge in [0.15, 0.2) is 0 Å². The van der Waals surface area contributed by atoms with Crippen molar-refractivity contribution >= 4 is 34.1 Å². The van der Waals surface area contributed by atoms with Gasteiger partial charge in [0.05, 0.1) is 11.1 Å². The normalized spacial score (nSPS) is 14.7. The van der Waals surface area contributed by atoms with Crippen LogP contribution in [0.25, 0.3) is 10.9 Å². The zero-order chi connectivity index (χ0) is 28.8. The minimum absolute atomic E-state index is 0.564. The summed E-state index contributed by atoms with van der Waals surface area (Å²) in [6.45, 7) is 0. The van der Waals surface area contributed by atoms with E-state index in [2.05, 4.69) is 0 Å². The predicted octanol–water partition coefficient (Wildman–Crippen LogP) is 8.95. The zero-order valence-corrected chi connectivity index (χ0v) is 22.3. The van der Waals surface area contributed by atoms with E-state index in [0.717, 1.165) is 56.6 Å². The van der Waals surface area contributed by atoms with Crippen molar-refractivity contribution < 1.29 is 26.3 Å². The molecular formula is C34H22F6P+. The van der Waals surface area contributed by atoms with Gasteiger partial charge in [0, 0.05) is 16.7 Å². The van der Waals surface area contributed by atoms with Crippen LogP contribution in [0.2, 0.25) is 0 Å². The third-order valence-corrected chi connectivity index (χ3v) is 11.8. The maximum absolute atomic E-state index is 13.6. The first kappa shape index (κ1) is 27.0. The van der Waals surface area contributed by atoms with E-state index in [0.29, 0.717) is 11.1 Å². The van der Waals surface area contributed by atoms with Crippen LogP contribution in [0, 0.1) is 0 Å². The van der Waals surface area contributed by atoms with Crippen molar-refractivity contribution in [3.05, 3.63) is 161 Å². The molecule has 1 aliphatic rings. The van der Waals surface area contributed by atoms with Gasteiger partial charge in [0.25, 0.3) is 0 Å². The second-order valence-corrected chi connectivity index (χ2v) is 13.0. The van der Waals surface area contributed by atoms with Gasteiger partial charge in [-0.05, 0) is 60.2 Å². The van der Waals surface area contributed by atoms with E-state index in [4.69, 9.17) is 0 Å². The molecule has 0 N–H and O–H groups in total. The second kappa shape index (κ2) is 10.0. The Hall–Kier alpha value is -4.15. The quantitative estimate of drug-likeness (QED) is 0.148. The molecule has 41 heavy (non-hydrogen) atoms. The summed E-state index contributed by atoms with van der Waals surface area (Å²) < 4.78 is 81.2. The molecule has 0 unspecified atom stereocenters. The first-order chi connectivity index (χ1) is 19.6. The first-order valence-electron chi connectivity index (χ1n) is 12.8. The van der Waals surface area contributed by atoms with Crippen LogP contribution in [0.3, 0.4) is 0 Å². The standard InChI is InChI=1S/C34H22F6P/c35-33(36,37)25-19-15-23(16-20-25)31-29-13-7-8-14-30(29)41(27-9-3-1-4-10-27,28-11-5-2-6-12-28)32(31)24-17-21-26(22-18-24)34(38,39)40/h1-22H/q+1. The Morgan fingerprint density at radius 2 is 0.829 bits per heavy atom. The number of fused-ring (bicyclic) bond motifs is 1. The lowest BCUT2D eigenvalue weighted by atomic mass is 9.94. The van der Waals surface area contributed by atoms with Crippen molar-refractivity contribution in [1.82, 2.24) is 0 Å². The van der Waals surface area contributed by atoms with E-state index in [1.165, 1.54) is 24.3 Å². The van der Waals surface area contributed by atoms with Crippen LogP contribution in [0.15, 0.2) is 133 Å². The average molecular weight is 576 g/mol. The maximum atomic E-state index is 13.6. The summed E-state index contributed by atoms with van der Waals surface area (Å²) in [6, 6.07) is 37.6. The van der Waals surface area contributed by atoms with Crippen LogP contribution in [0.1, 0.15) is 27.8 Å². The van der Waals surface area contributed by atoms with Crippen molar-refractivity contribution in [1.29, 1.82) is 0 Å². The van der Waals surface area contributed by atoms with Gasteiger partial charge in [0.1, 0.15) is 28.5 Å². The highest BCUT2D eigenvalue weighted by molar-refractivity contribution is 8.04. The molecule has 0 amide bonds. The molecule has 204 valence electrons. The Bertz CT molecular complexity index is 1680. The lowest BCUT2D eigenvalue weighted by molar-refractivity contribution is -0.138. The van der Waals surface area contributed by atoms with Gasteiger partial charge in [-0.2, -0.15) is 26.3 Å². The maximum Gasteiger partial charge on any atom is 0.416 e. The lowest BCUT2D eigenvalue weighted by Gasteiger charge is -2.27. The van der Waals surface area contributed by atoms with Crippen molar-refractivity contribution in [2.24, 2.45) is 0 Å². The molecule has 0 aromatic heterocycles. The van der Waals surface area contributed by atoms with Crippen molar-refractivity contribution in [3.63, 3.8) is 0 Å². The number of hydrogen-bond donors (Lipinski definition) is 0. The molecule has 5 aromatic rings. The Morgan fingerprint density at radius 1 is 0.415 bits per heavy atom. The summed E-state index contributed by atoms with van der Waals surface area (Å²) in [5, 5.41) is 3.80. The molecule has 0 nitrogen and oxygen atoms in total. The smallest absolute Gasteiger partial charge is 0.166 e. The third kappa shape index (κ3) is 4.57. The molecule has 0 saturated heterocycles. The molecule has 0 atom stereocenters. The molecule has 7 heteroatoms. The van der Waals surface area contributed by atoms with Gasteiger partial charge >= 0.3 is 12.4 Å². The number of rotatable bonds is 4. The Morgan fingerprint density at radius 3 is 1.29 bits per heavy atom. The van der Waals surface area contributed by atoms with E-state index in [1.807, 2.05) is 84.9 Å². The van der Waals surface area contributed by atoms with Crippen molar-refractivity contribution in [2.45, 2.75) is 12.4 Å². The van der Waals surface area contributed by atoms with E-state index < -0.39 is 30.7 Å². The molecule has 5 aromatic carbocycles. The third-order valence-electron chi connectivity index (χ3n) is 7.38. The largest absolute Gasteiger partial charge is 0.416 e. The average Bonchev–Trinajstić information content (AvgIpc) is 3.29. The second-order valence-electron chi connectivity index (χ2n) is 9.73. The summed E-state index contributed by atoms with van der Waals surface area (Å²) in [4.78, 5) is 0. The van der Waals surface area contributed by atoms with Gasteiger partial charge in [-0.25, -0.2) is 0 Å². The topological polar surface area (TPSA) is 0 Å². The van der Waals surface area contributed by atoms with Crippen LogP contribution in [0.4, 0.5) is 26.3 Å². The molecule has 0 aliphatic carbocycles. The Labute approximate surface area is 234 Å². The minimum atomic E-state index is -4.51. The van der Waals surface area contributed by atoms with Gasteiger partial charge in [-0.3, -0.25) is 0 Å². The SMILES string of the molecule is FC(F)(F)c1ccc(C2=C(c3ccc(C(F)(F)F)cc3)[P+](c3ccccc3)(c3ccccc3)c3ccccc32)cc1. The predicted molar refractivity (Wildman–Crippen MR) is 154 cm³/mol. The molecule has 0 saturated carbocycles. The summed E-state index contributed by atoms with van der Waals surface area (Å²) in [5.41, 5.74) is 1.19. The molecule has 0 spiro atoms. The molecule has 0 radical (unpaired) electrons. The molecule has 1 heterocycles. The number of alkyl halides is 6. The highest BCUT2D eigenvalue weighted by Gasteiger charge is 2.57. The number of benzene rings is 5. The van der Waals surface area contributed by atoms with E-state index in [9.17, 15) is 26.3 Å². The Kier molecular flexibility index (Phi) is 6.62. The molecule has 0 fully saturated rings. The van der Waals surface area contributed by atoms with E-state index >= 15 is 0 Å². The van der Waals surface area contributed by atoms with E-state index in [1.54, 1.807) is 0 Å². The van der Waals surface area contributed by atoms with Crippen LogP contribution in [0.5, 0.6) is 0 Å². The van der Waals surface area contributed by atoms with Crippen molar-refractivity contribution in [3.8, 4) is 0 Å². The fraction of sp³-hybridized carbons (Fsp3) is 0.0588.